The first-order valence-corrected chi connectivity index (χ1v) is 6.19. The van der Waals surface area contributed by atoms with Gasteiger partial charge in [-0.25, -0.2) is 0 Å². The first-order valence-electron chi connectivity index (χ1n) is 6.19. The monoisotopic (exact) mass is 242 g/mol. The van der Waals surface area contributed by atoms with Crippen LogP contribution in [0.1, 0.15) is 41.5 Å². The quantitative estimate of drug-likeness (QED) is 0.796. The summed E-state index contributed by atoms with van der Waals surface area (Å²) in [4.78, 5) is 14.3. The van der Waals surface area contributed by atoms with Crippen LogP contribution in [0.25, 0.3) is 0 Å². The standard InChI is InChI=1S/C13H26N2O2/c1-11(2,7-14)10(16)15-8-12(3,4)17-13(5,6)9-15/h7-9,14H2,1-6H3. The predicted molar refractivity (Wildman–Crippen MR) is 68.7 cm³/mol. The third-order valence-electron chi connectivity index (χ3n) is 3.07. The van der Waals surface area contributed by atoms with Gasteiger partial charge in [0.05, 0.1) is 16.6 Å². The summed E-state index contributed by atoms with van der Waals surface area (Å²) in [5.41, 5.74) is 4.57. The van der Waals surface area contributed by atoms with Crippen molar-refractivity contribution < 1.29 is 9.53 Å². The van der Waals surface area contributed by atoms with Crippen molar-refractivity contribution in [3.63, 3.8) is 0 Å². The van der Waals surface area contributed by atoms with Gasteiger partial charge in [-0.2, -0.15) is 0 Å². The van der Waals surface area contributed by atoms with E-state index in [0.717, 1.165) is 0 Å². The Kier molecular flexibility index (Phi) is 3.61. The number of morpholine rings is 1. The second kappa shape index (κ2) is 4.25. The van der Waals surface area contributed by atoms with Crippen molar-refractivity contribution in [2.45, 2.75) is 52.7 Å². The molecule has 1 saturated heterocycles. The molecule has 1 rings (SSSR count). The summed E-state index contributed by atoms with van der Waals surface area (Å²) in [7, 11) is 0. The molecule has 1 amide bonds. The first kappa shape index (κ1) is 14.5. The minimum absolute atomic E-state index is 0.115. The number of hydrogen-bond acceptors (Lipinski definition) is 3. The second-order valence-electron chi connectivity index (χ2n) is 6.87. The summed E-state index contributed by atoms with van der Waals surface area (Å²) in [5.74, 6) is 0.115. The molecule has 0 aromatic heterocycles. The van der Waals surface area contributed by atoms with Crippen LogP contribution < -0.4 is 5.73 Å². The van der Waals surface area contributed by atoms with E-state index in [4.69, 9.17) is 10.5 Å². The van der Waals surface area contributed by atoms with E-state index in [-0.39, 0.29) is 17.1 Å². The Balaban J connectivity index is 2.88. The van der Waals surface area contributed by atoms with Gasteiger partial charge in [-0.05, 0) is 41.5 Å². The Bertz CT molecular complexity index is 293. The highest BCUT2D eigenvalue weighted by molar-refractivity contribution is 5.82. The molecular weight excluding hydrogens is 216 g/mol. The molecule has 17 heavy (non-hydrogen) atoms. The average molecular weight is 242 g/mol. The van der Waals surface area contributed by atoms with E-state index in [2.05, 4.69) is 0 Å². The van der Waals surface area contributed by atoms with E-state index in [0.29, 0.717) is 19.6 Å². The molecule has 0 unspecified atom stereocenters. The fraction of sp³-hybridized carbons (Fsp3) is 0.923. The van der Waals surface area contributed by atoms with Gasteiger partial charge in [0.15, 0.2) is 0 Å². The van der Waals surface area contributed by atoms with E-state index < -0.39 is 5.41 Å². The Hall–Kier alpha value is -0.610. The molecule has 0 atom stereocenters. The van der Waals surface area contributed by atoms with Crippen molar-refractivity contribution in [2.24, 2.45) is 11.1 Å². The number of hydrogen-bond donors (Lipinski definition) is 1. The SMILES string of the molecule is CC1(C)CN(C(=O)C(C)(C)CN)CC(C)(C)O1. The molecule has 0 aliphatic carbocycles. The highest BCUT2D eigenvalue weighted by Crippen LogP contribution is 2.30. The highest BCUT2D eigenvalue weighted by Gasteiger charge is 2.42. The minimum Gasteiger partial charge on any atom is -0.366 e. The van der Waals surface area contributed by atoms with E-state index >= 15 is 0 Å². The molecule has 4 heteroatoms. The molecule has 1 aliphatic heterocycles. The lowest BCUT2D eigenvalue weighted by Crippen LogP contribution is -2.61. The number of carbonyl (C=O) groups is 1. The van der Waals surface area contributed by atoms with Crippen molar-refractivity contribution in [1.29, 1.82) is 0 Å². The van der Waals surface area contributed by atoms with Gasteiger partial charge in [0.25, 0.3) is 0 Å². The maximum atomic E-state index is 12.4. The van der Waals surface area contributed by atoms with Gasteiger partial charge in [0.2, 0.25) is 5.91 Å². The molecular formula is C13H26N2O2. The van der Waals surface area contributed by atoms with Crippen LogP contribution in [0.3, 0.4) is 0 Å². The second-order valence-corrected chi connectivity index (χ2v) is 6.87. The predicted octanol–water partition coefficient (Wildman–Crippen LogP) is 1.39. The summed E-state index contributed by atoms with van der Waals surface area (Å²) in [5, 5.41) is 0. The van der Waals surface area contributed by atoms with Crippen molar-refractivity contribution in [2.75, 3.05) is 19.6 Å². The molecule has 2 N–H and O–H groups in total. The summed E-state index contributed by atoms with van der Waals surface area (Å²) in [6.07, 6.45) is 0. The van der Waals surface area contributed by atoms with Gasteiger partial charge in [-0.1, -0.05) is 0 Å². The van der Waals surface area contributed by atoms with Crippen LogP contribution in [0.2, 0.25) is 0 Å². The third-order valence-corrected chi connectivity index (χ3v) is 3.07. The topological polar surface area (TPSA) is 55.6 Å². The van der Waals surface area contributed by atoms with Crippen LogP contribution in [0.4, 0.5) is 0 Å². The zero-order valence-electron chi connectivity index (χ0n) is 12.0. The Morgan fingerprint density at radius 2 is 1.65 bits per heavy atom. The van der Waals surface area contributed by atoms with Gasteiger partial charge in [-0.15, -0.1) is 0 Å². The molecule has 0 spiro atoms. The van der Waals surface area contributed by atoms with Crippen LogP contribution >= 0.6 is 0 Å². The molecule has 0 radical (unpaired) electrons. The number of nitrogens with two attached hydrogens (primary N) is 1. The molecule has 100 valence electrons. The third kappa shape index (κ3) is 3.42. The van der Waals surface area contributed by atoms with Gasteiger partial charge >= 0.3 is 0 Å². The lowest BCUT2D eigenvalue weighted by atomic mass is 9.89. The van der Waals surface area contributed by atoms with E-state index in [1.54, 1.807) is 0 Å². The zero-order chi connectivity index (χ0) is 13.5. The maximum absolute atomic E-state index is 12.4. The molecule has 0 aromatic rings. The maximum Gasteiger partial charge on any atom is 0.229 e. The molecule has 0 bridgehead atoms. The van der Waals surface area contributed by atoms with Gasteiger partial charge in [-0.3, -0.25) is 4.79 Å². The highest BCUT2D eigenvalue weighted by atomic mass is 16.5. The Morgan fingerprint density at radius 3 is 2.00 bits per heavy atom. The molecule has 0 saturated carbocycles. The molecule has 4 nitrogen and oxygen atoms in total. The van der Waals surface area contributed by atoms with Crippen LogP contribution in [-0.4, -0.2) is 41.6 Å². The average Bonchev–Trinajstić information content (AvgIpc) is 2.11. The van der Waals surface area contributed by atoms with Gasteiger partial charge in [0, 0.05) is 19.6 Å². The zero-order valence-corrected chi connectivity index (χ0v) is 12.0. The summed E-state index contributed by atoms with van der Waals surface area (Å²) >= 11 is 0. The van der Waals surface area contributed by atoms with Crippen LogP contribution in [-0.2, 0) is 9.53 Å². The molecule has 1 fully saturated rings. The van der Waals surface area contributed by atoms with E-state index in [1.165, 1.54) is 0 Å². The minimum atomic E-state index is -0.497. The fourth-order valence-corrected chi connectivity index (χ4v) is 2.45. The number of rotatable bonds is 2. The van der Waals surface area contributed by atoms with E-state index in [1.807, 2.05) is 46.4 Å². The molecule has 0 aromatic carbocycles. The number of nitrogens with zero attached hydrogens (tertiary/aromatic N) is 1. The summed E-state index contributed by atoms with van der Waals surface area (Å²) < 4.78 is 5.96. The van der Waals surface area contributed by atoms with Crippen molar-refractivity contribution in [3.05, 3.63) is 0 Å². The number of ether oxygens (including phenoxy) is 1. The van der Waals surface area contributed by atoms with Crippen LogP contribution in [0, 0.1) is 5.41 Å². The Labute approximate surface area is 104 Å². The van der Waals surface area contributed by atoms with Gasteiger partial charge < -0.3 is 15.4 Å². The summed E-state index contributed by atoms with van der Waals surface area (Å²) in [6.45, 7) is 13.5. The van der Waals surface area contributed by atoms with Crippen molar-refractivity contribution in [1.82, 2.24) is 4.90 Å². The summed E-state index contributed by atoms with van der Waals surface area (Å²) in [6, 6.07) is 0. The molecule has 1 aliphatic rings. The first-order chi connectivity index (χ1) is 7.49. The van der Waals surface area contributed by atoms with Crippen LogP contribution in [0.5, 0.6) is 0 Å². The molecule has 1 heterocycles. The van der Waals surface area contributed by atoms with Gasteiger partial charge in [0.1, 0.15) is 0 Å². The smallest absolute Gasteiger partial charge is 0.229 e. The number of carbonyl (C=O) groups excluding carboxylic acids is 1. The van der Waals surface area contributed by atoms with E-state index in [9.17, 15) is 4.79 Å². The largest absolute Gasteiger partial charge is 0.366 e. The Morgan fingerprint density at radius 1 is 1.24 bits per heavy atom. The van der Waals surface area contributed by atoms with Crippen molar-refractivity contribution >= 4 is 5.91 Å². The fourth-order valence-electron chi connectivity index (χ4n) is 2.45. The normalized spacial score (nSPS) is 23.6. The number of amides is 1. The lowest BCUT2D eigenvalue weighted by Gasteiger charge is -2.48. The van der Waals surface area contributed by atoms with Crippen LogP contribution in [0.15, 0.2) is 0 Å². The lowest BCUT2D eigenvalue weighted by molar-refractivity contribution is -0.192. The van der Waals surface area contributed by atoms with Crippen molar-refractivity contribution in [3.8, 4) is 0 Å².